The normalized spacial score (nSPS) is 14.3. The number of aromatic nitrogens is 1. The minimum atomic E-state index is -0.912. The predicted octanol–water partition coefficient (Wildman–Crippen LogP) is 6.64. The summed E-state index contributed by atoms with van der Waals surface area (Å²) in [5.74, 6) is 1.21. The molecule has 0 spiro atoms. The number of benzene rings is 4. The molecule has 3 N–H and O–H groups in total. The van der Waals surface area contributed by atoms with Crippen molar-refractivity contribution in [3.63, 3.8) is 0 Å². The molecule has 1 aliphatic heterocycles. The van der Waals surface area contributed by atoms with Gasteiger partial charge >= 0.3 is 0 Å². The van der Waals surface area contributed by atoms with Crippen molar-refractivity contribution >= 4 is 27.9 Å². The molecule has 4 nitrogen and oxygen atoms in total. The summed E-state index contributed by atoms with van der Waals surface area (Å²) in [6, 6.07) is 24.8. The number of aromatic amines is 1. The van der Waals surface area contributed by atoms with Gasteiger partial charge in [0.05, 0.1) is 5.52 Å². The number of nitrogens with one attached hydrogen (secondary N) is 1. The molecular weight excluding hydrogens is 410 g/mol. The maximum atomic E-state index is 9.90. The monoisotopic (exact) mass is 433 g/mol. The van der Waals surface area contributed by atoms with Gasteiger partial charge in [0.15, 0.2) is 11.4 Å². The molecular formula is C29H23NO3. The number of rotatable bonds is 3. The number of phenols is 2. The van der Waals surface area contributed by atoms with Gasteiger partial charge in [0.1, 0.15) is 11.5 Å². The second-order valence-corrected chi connectivity index (χ2v) is 8.49. The van der Waals surface area contributed by atoms with Gasteiger partial charge in [-0.3, -0.25) is 0 Å². The Morgan fingerprint density at radius 1 is 0.818 bits per heavy atom. The van der Waals surface area contributed by atoms with Crippen LogP contribution in [0.2, 0.25) is 0 Å². The zero-order chi connectivity index (χ0) is 22.6. The van der Waals surface area contributed by atoms with Crippen molar-refractivity contribution in [1.29, 1.82) is 0 Å². The van der Waals surface area contributed by atoms with E-state index in [1.807, 2.05) is 30.3 Å². The van der Waals surface area contributed by atoms with E-state index in [-0.39, 0.29) is 11.5 Å². The maximum absolute atomic E-state index is 9.90. The van der Waals surface area contributed by atoms with Crippen LogP contribution in [-0.4, -0.2) is 15.2 Å². The number of aromatic hydroxyl groups is 2. The summed E-state index contributed by atoms with van der Waals surface area (Å²) in [6.45, 7) is 2.16. The fourth-order valence-corrected chi connectivity index (χ4v) is 4.90. The number of hydrogen-bond donors (Lipinski definition) is 3. The molecule has 0 radical (unpaired) electrons. The SMILES string of the molecule is CCc1cc2c([nH]c3ccccc32)c2c1C=CC(c1ccc(O)cc1)(c1ccc(O)cc1)O2. The van der Waals surface area contributed by atoms with Crippen molar-refractivity contribution in [3.05, 3.63) is 107 Å². The molecule has 162 valence electrons. The largest absolute Gasteiger partial charge is 0.508 e. The van der Waals surface area contributed by atoms with Crippen molar-refractivity contribution in [1.82, 2.24) is 4.98 Å². The smallest absolute Gasteiger partial charge is 0.178 e. The van der Waals surface area contributed by atoms with Crippen molar-refractivity contribution in [2.24, 2.45) is 0 Å². The minimum Gasteiger partial charge on any atom is -0.508 e. The highest BCUT2D eigenvalue weighted by Crippen LogP contribution is 2.47. The molecule has 2 heterocycles. The van der Waals surface area contributed by atoms with Gasteiger partial charge in [0.2, 0.25) is 0 Å². The Labute approximate surface area is 191 Å². The molecule has 5 aromatic rings. The van der Waals surface area contributed by atoms with Crippen molar-refractivity contribution < 1.29 is 14.9 Å². The van der Waals surface area contributed by atoms with Crippen molar-refractivity contribution in [2.45, 2.75) is 18.9 Å². The van der Waals surface area contributed by atoms with Crippen LogP contribution in [0.25, 0.3) is 27.9 Å². The lowest BCUT2D eigenvalue weighted by atomic mass is 9.82. The number of hydrogen-bond acceptors (Lipinski definition) is 3. The average Bonchev–Trinajstić information content (AvgIpc) is 3.23. The number of phenolic OH excluding ortho intramolecular Hbond substituents is 2. The van der Waals surface area contributed by atoms with Crippen LogP contribution in [0.1, 0.15) is 29.2 Å². The van der Waals surface area contributed by atoms with Gasteiger partial charge in [-0.15, -0.1) is 0 Å². The number of fused-ring (bicyclic) bond motifs is 5. The van der Waals surface area contributed by atoms with Crippen LogP contribution in [0.4, 0.5) is 0 Å². The quantitative estimate of drug-likeness (QED) is 0.299. The molecule has 1 aliphatic rings. The molecule has 0 fully saturated rings. The predicted molar refractivity (Wildman–Crippen MR) is 132 cm³/mol. The molecule has 4 aromatic carbocycles. The van der Waals surface area contributed by atoms with Gasteiger partial charge in [0.25, 0.3) is 0 Å². The zero-order valence-corrected chi connectivity index (χ0v) is 18.2. The third kappa shape index (κ3) is 2.91. The number of aryl methyl sites for hydroxylation is 1. The third-order valence-corrected chi connectivity index (χ3v) is 6.60. The van der Waals surface area contributed by atoms with E-state index in [9.17, 15) is 10.2 Å². The highest BCUT2D eigenvalue weighted by Gasteiger charge is 2.38. The molecule has 0 unspecified atom stereocenters. The molecule has 1 aromatic heterocycles. The van der Waals surface area contributed by atoms with E-state index < -0.39 is 5.60 Å². The highest BCUT2D eigenvalue weighted by molar-refractivity contribution is 6.10. The molecule has 33 heavy (non-hydrogen) atoms. The zero-order valence-electron chi connectivity index (χ0n) is 18.2. The number of ether oxygens (including phenoxy) is 1. The Hall–Kier alpha value is -4.18. The van der Waals surface area contributed by atoms with Gasteiger partial charge in [-0.05, 0) is 54.5 Å². The Morgan fingerprint density at radius 2 is 1.45 bits per heavy atom. The summed E-state index contributed by atoms with van der Waals surface area (Å²) < 4.78 is 6.98. The molecule has 0 bridgehead atoms. The van der Waals surface area contributed by atoms with E-state index in [2.05, 4.69) is 48.3 Å². The molecule has 0 saturated carbocycles. The molecule has 0 saturated heterocycles. The fraction of sp³-hybridized carbons (Fsp3) is 0.103. The molecule has 0 atom stereocenters. The average molecular weight is 434 g/mol. The van der Waals surface area contributed by atoms with Gasteiger partial charge < -0.3 is 19.9 Å². The van der Waals surface area contributed by atoms with Crippen LogP contribution >= 0.6 is 0 Å². The minimum absolute atomic E-state index is 0.200. The molecule has 4 heteroatoms. The van der Waals surface area contributed by atoms with Crippen molar-refractivity contribution in [2.75, 3.05) is 0 Å². The van der Waals surface area contributed by atoms with E-state index in [1.54, 1.807) is 24.3 Å². The van der Waals surface area contributed by atoms with Gasteiger partial charge in [-0.2, -0.15) is 0 Å². The van der Waals surface area contributed by atoms with E-state index in [1.165, 1.54) is 10.9 Å². The maximum Gasteiger partial charge on any atom is 0.178 e. The van der Waals surface area contributed by atoms with E-state index in [0.29, 0.717) is 0 Å². The summed E-state index contributed by atoms with van der Waals surface area (Å²) in [5.41, 5.74) is 5.20. The lowest BCUT2D eigenvalue weighted by Gasteiger charge is -2.37. The van der Waals surface area contributed by atoms with Crippen LogP contribution < -0.4 is 4.74 Å². The highest BCUT2D eigenvalue weighted by atomic mass is 16.5. The standard InChI is InChI=1S/C29H23NO3/c1-2-18-17-25-24-5-3-4-6-26(24)30-27(25)28-23(18)15-16-29(33-28,19-7-11-21(31)12-8-19)20-9-13-22(32)14-10-20/h3-17,30-32H,2H2,1H3. The van der Waals surface area contributed by atoms with Crippen LogP contribution in [0.15, 0.2) is 84.9 Å². The summed E-state index contributed by atoms with van der Waals surface area (Å²) in [5, 5.41) is 22.1. The van der Waals surface area contributed by atoms with Gasteiger partial charge in [-0.1, -0.05) is 55.5 Å². The van der Waals surface area contributed by atoms with Gasteiger partial charge in [-0.25, -0.2) is 0 Å². The number of para-hydroxylation sites is 1. The summed E-state index contributed by atoms with van der Waals surface area (Å²) in [6.07, 6.45) is 5.10. The Balaban J connectivity index is 1.65. The molecule has 6 rings (SSSR count). The third-order valence-electron chi connectivity index (χ3n) is 6.60. The molecule has 0 aliphatic carbocycles. The Morgan fingerprint density at radius 3 is 2.09 bits per heavy atom. The second kappa shape index (κ2) is 7.17. The van der Waals surface area contributed by atoms with E-state index in [4.69, 9.17) is 4.74 Å². The number of H-pyrrole nitrogens is 1. The second-order valence-electron chi connectivity index (χ2n) is 8.49. The van der Waals surface area contributed by atoms with Crippen molar-refractivity contribution in [3.8, 4) is 17.2 Å². The first-order valence-electron chi connectivity index (χ1n) is 11.1. The first-order valence-corrected chi connectivity index (χ1v) is 11.1. The summed E-state index contributed by atoms with van der Waals surface area (Å²) in [7, 11) is 0. The topological polar surface area (TPSA) is 65.5 Å². The Kier molecular flexibility index (Phi) is 4.24. The van der Waals surface area contributed by atoms with Crippen LogP contribution in [0.3, 0.4) is 0 Å². The fourth-order valence-electron chi connectivity index (χ4n) is 4.90. The van der Waals surface area contributed by atoms with Gasteiger partial charge in [0, 0.05) is 33.0 Å². The Bertz CT molecular complexity index is 1480. The van der Waals surface area contributed by atoms with Crippen LogP contribution in [0, 0.1) is 0 Å². The summed E-state index contributed by atoms with van der Waals surface area (Å²) >= 11 is 0. The summed E-state index contributed by atoms with van der Waals surface area (Å²) in [4.78, 5) is 3.58. The first kappa shape index (κ1) is 19.5. The van der Waals surface area contributed by atoms with E-state index >= 15 is 0 Å². The van der Waals surface area contributed by atoms with Crippen LogP contribution in [0.5, 0.6) is 17.2 Å². The van der Waals surface area contributed by atoms with Crippen LogP contribution in [-0.2, 0) is 12.0 Å². The lowest BCUT2D eigenvalue weighted by Crippen LogP contribution is -2.34. The van der Waals surface area contributed by atoms with E-state index in [0.717, 1.165) is 45.3 Å². The molecule has 0 amide bonds. The lowest BCUT2D eigenvalue weighted by molar-refractivity contribution is 0.163. The first-order chi connectivity index (χ1) is 16.1.